The molecule has 2 atom stereocenters. The summed E-state index contributed by atoms with van der Waals surface area (Å²) in [6.45, 7) is 5.72. The van der Waals surface area contributed by atoms with E-state index >= 15 is 0 Å². The van der Waals surface area contributed by atoms with Crippen LogP contribution < -0.4 is 15.5 Å². The molecule has 4 heterocycles. The molecule has 0 saturated carbocycles. The highest BCUT2D eigenvalue weighted by atomic mass is 32.1. The van der Waals surface area contributed by atoms with Crippen molar-refractivity contribution >= 4 is 45.9 Å². The van der Waals surface area contributed by atoms with Gasteiger partial charge in [0.2, 0.25) is 5.91 Å². The van der Waals surface area contributed by atoms with Gasteiger partial charge in [0.05, 0.1) is 17.8 Å². The average molecular weight is 489 g/mol. The standard InChI is InChI=1S/C25H24N6OS2/c1-15-14-20(16(2)30(15)25-27-12-13-34-25)23-22(21-6-4-5-11-26-21)29-24(33)31(23)19-9-7-18(8-10-19)28-17(3)32/h4-14,22-23H,1-3H3,(H,28,32)(H,29,33)/t22-,23-/m1/s1. The molecule has 172 valence electrons. The number of thiazole rings is 1. The predicted molar refractivity (Wildman–Crippen MR) is 140 cm³/mol. The first kappa shape index (κ1) is 22.2. The first-order chi connectivity index (χ1) is 16.4. The molecule has 1 aromatic carbocycles. The van der Waals surface area contributed by atoms with Crippen molar-refractivity contribution in [2.75, 3.05) is 10.2 Å². The maximum absolute atomic E-state index is 11.4. The molecule has 0 unspecified atom stereocenters. The van der Waals surface area contributed by atoms with Crippen LogP contribution in [0, 0.1) is 13.8 Å². The number of rotatable bonds is 5. The monoisotopic (exact) mass is 488 g/mol. The summed E-state index contributed by atoms with van der Waals surface area (Å²) < 4.78 is 2.19. The van der Waals surface area contributed by atoms with E-state index in [4.69, 9.17) is 12.2 Å². The van der Waals surface area contributed by atoms with Crippen LogP contribution >= 0.6 is 23.6 Å². The van der Waals surface area contributed by atoms with Crippen LogP contribution in [0.15, 0.2) is 66.3 Å². The lowest BCUT2D eigenvalue weighted by Crippen LogP contribution is -2.29. The summed E-state index contributed by atoms with van der Waals surface area (Å²) in [5, 5.41) is 9.89. The first-order valence-electron chi connectivity index (χ1n) is 10.9. The molecule has 5 rings (SSSR count). The number of pyridine rings is 1. The van der Waals surface area contributed by atoms with Gasteiger partial charge in [-0.15, -0.1) is 11.3 Å². The van der Waals surface area contributed by atoms with Crippen molar-refractivity contribution < 1.29 is 4.79 Å². The number of nitrogens with one attached hydrogen (secondary N) is 2. The fraction of sp³-hybridized carbons (Fsp3) is 0.200. The zero-order valence-corrected chi connectivity index (χ0v) is 20.7. The Morgan fingerprint density at radius 3 is 2.56 bits per heavy atom. The number of thiocarbonyl (C=S) groups is 1. The zero-order valence-electron chi connectivity index (χ0n) is 19.0. The average Bonchev–Trinajstić information content (AvgIpc) is 3.52. The van der Waals surface area contributed by atoms with Crippen molar-refractivity contribution in [3.05, 3.63) is 88.9 Å². The van der Waals surface area contributed by atoms with E-state index in [2.05, 4.69) is 50.0 Å². The summed E-state index contributed by atoms with van der Waals surface area (Å²) in [5.74, 6) is -0.103. The molecule has 34 heavy (non-hydrogen) atoms. The van der Waals surface area contributed by atoms with Gasteiger partial charge in [-0.3, -0.25) is 14.3 Å². The molecule has 1 amide bonds. The van der Waals surface area contributed by atoms with Crippen molar-refractivity contribution in [3.63, 3.8) is 0 Å². The number of carbonyl (C=O) groups excluding carboxylic acids is 1. The summed E-state index contributed by atoms with van der Waals surface area (Å²) in [7, 11) is 0. The maximum atomic E-state index is 11.4. The van der Waals surface area contributed by atoms with E-state index in [1.54, 1.807) is 17.5 Å². The van der Waals surface area contributed by atoms with Gasteiger partial charge in [0.25, 0.3) is 0 Å². The number of carbonyl (C=O) groups is 1. The number of aromatic nitrogens is 3. The number of amides is 1. The van der Waals surface area contributed by atoms with Gasteiger partial charge < -0.3 is 15.5 Å². The highest BCUT2D eigenvalue weighted by Crippen LogP contribution is 2.44. The summed E-state index contributed by atoms with van der Waals surface area (Å²) >= 11 is 7.45. The molecule has 1 aliphatic rings. The Bertz CT molecular complexity index is 1330. The molecular weight excluding hydrogens is 464 g/mol. The van der Waals surface area contributed by atoms with Crippen LogP contribution in [0.3, 0.4) is 0 Å². The number of hydrogen-bond acceptors (Lipinski definition) is 5. The Morgan fingerprint density at radius 1 is 1.12 bits per heavy atom. The SMILES string of the molecule is CC(=O)Nc1ccc(N2C(=S)N[C@H](c3ccccn3)[C@H]2c2cc(C)n(-c3nccs3)c2C)cc1. The molecule has 1 saturated heterocycles. The second-order valence-electron chi connectivity index (χ2n) is 8.20. The molecule has 4 aromatic rings. The van der Waals surface area contributed by atoms with Crippen LogP contribution in [0.25, 0.3) is 5.13 Å². The number of hydrogen-bond donors (Lipinski definition) is 2. The minimum Gasteiger partial charge on any atom is -0.351 e. The number of anilines is 2. The van der Waals surface area contributed by atoms with Gasteiger partial charge in [0.15, 0.2) is 10.2 Å². The molecular formula is C25H24N6OS2. The lowest BCUT2D eigenvalue weighted by Gasteiger charge is -2.28. The van der Waals surface area contributed by atoms with E-state index in [9.17, 15) is 4.79 Å². The Morgan fingerprint density at radius 2 is 1.91 bits per heavy atom. The van der Waals surface area contributed by atoms with Gasteiger partial charge in [-0.25, -0.2) is 4.98 Å². The Kier molecular flexibility index (Phi) is 5.89. The molecule has 7 nitrogen and oxygen atoms in total. The quantitative estimate of drug-likeness (QED) is 0.382. The van der Waals surface area contributed by atoms with Crippen LogP contribution in [0.2, 0.25) is 0 Å². The smallest absolute Gasteiger partial charge is 0.221 e. The van der Waals surface area contributed by atoms with Crippen LogP contribution in [0.5, 0.6) is 0 Å². The lowest BCUT2D eigenvalue weighted by molar-refractivity contribution is -0.114. The van der Waals surface area contributed by atoms with E-state index in [0.717, 1.165) is 39.2 Å². The molecule has 3 aromatic heterocycles. The fourth-order valence-electron chi connectivity index (χ4n) is 4.57. The van der Waals surface area contributed by atoms with Crippen LogP contribution in [-0.2, 0) is 4.79 Å². The van der Waals surface area contributed by atoms with Crippen LogP contribution in [-0.4, -0.2) is 25.6 Å². The zero-order chi connectivity index (χ0) is 23.8. The molecule has 1 aliphatic heterocycles. The van der Waals surface area contributed by atoms with Gasteiger partial charge in [-0.2, -0.15) is 0 Å². The summed E-state index contributed by atoms with van der Waals surface area (Å²) in [4.78, 5) is 22.8. The Labute approximate surface area is 207 Å². The lowest BCUT2D eigenvalue weighted by atomic mass is 9.96. The van der Waals surface area contributed by atoms with E-state index in [-0.39, 0.29) is 18.0 Å². The first-order valence-corrected chi connectivity index (χ1v) is 12.2. The van der Waals surface area contributed by atoms with E-state index in [1.807, 2.05) is 54.0 Å². The third kappa shape index (κ3) is 3.97. The molecule has 2 N–H and O–H groups in total. The third-order valence-electron chi connectivity index (χ3n) is 5.96. The van der Waals surface area contributed by atoms with Gasteiger partial charge in [-0.1, -0.05) is 6.07 Å². The van der Waals surface area contributed by atoms with E-state index in [1.165, 1.54) is 6.92 Å². The second-order valence-corrected chi connectivity index (χ2v) is 9.46. The van der Waals surface area contributed by atoms with E-state index < -0.39 is 0 Å². The molecule has 0 spiro atoms. The predicted octanol–water partition coefficient (Wildman–Crippen LogP) is 5.08. The van der Waals surface area contributed by atoms with Gasteiger partial charge >= 0.3 is 0 Å². The number of benzene rings is 1. The normalized spacial score (nSPS) is 17.6. The van der Waals surface area contributed by atoms with Crippen molar-refractivity contribution in [2.45, 2.75) is 32.9 Å². The molecule has 0 radical (unpaired) electrons. The van der Waals surface area contributed by atoms with Gasteiger partial charge in [0, 0.05) is 47.5 Å². The maximum Gasteiger partial charge on any atom is 0.221 e. The van der Waals surface area contributed by atoms with E-state index in [0.29, 0.717) is 5.11 Å². The third-order valence-corrected chi connectivity index (χ3v) is 7.03. The summed E-state index contributed by atoms with van der Waals surface area (Å²) in [5.41, 5.74) is 5.99. The second kappa shape index (κ2) is 9.00. The van der Waals surface area contributed by atoms with Crippen molar-refractivity contribution in [3.8, 4) is 5.13 Å². The number of nitrogens with zero attached hydrogens (tertiary/aromatic N) is 4. The van der Waals surface area contributed by atoms with Gasteiger partial charge in [0.1, 0.15) is 0 Å². The van der Waals surface area contributed by atoms with Crippen molar-refractivity contribution in [2.24, 2.45) is 0 Å². The minimum absolute atomic E-state index is 0.103. The van der Waals surface area contributed by atoms with Crippen LogP contribution in [0.4, 0.5) is 11.4 Å². The van der Waals surface area contributed by atoms with Crippen molar-refractivity contribution in [1.29, 1.82) is 0 Å². The Hall–Kier alpha value is -3.56. The fourth-order valence-corrected chi connectivity index (χ4v) is 5.66. The van der Waals surface area contributed by atoms with Crippen LogP contribution in [0.1, 0.15) is 41.7 Å². The number of aryl methyl sites for hydroxylation is 1. The molecule has 0 aliphatic carbocycles. The minimum atomic E-state index is -0.131. The molecule has 9 heteroatoms. The van der Waals surface area contributed by atoms with Crippen molar-refractivity contribution in [1.82, 2.24) is 19.9 Å². The summed E-state index contributed by atoms with van der Waals surface area (Å²) in [6, 6.07) is 15.6. The Balaban J connectivity index is 1.62. The summed E-state index contributed by atoms with van der Waals surface area (Å²) in [6.07, 6.45) is 3.63. The largest absolute Gasteiger partial charge is 0.351 e. The highest BCUT2D eigenvalue weighted by molar-refractivity contribution is 7.80. The topological polar surface area (TPSA) is 75.1 Å². The molecule has 1 fully saturated rings. The molecule has 0 bridgehead atoms. The highest BCUT2D eigenvalue weighted by Gasteiger charge is 2.42. The van der Waals surface area contributed by atoms with Gasteiger partial charge in [-0.05, 0) is 74.1 Å².